The molecule has 0 aliphatic heterocycles. The van der Waals surface area contributed by atoms with Crippen LogP contribution in [0.4, 0.5) is 0 Å². The van der Waals surface area contributed by atoms with E-state index in [0.717, 1.165) is 0 Å². The van der Waals surface area contributed by atoms with E-state index in [0.29, 0.717) is 17.7 Å². The Kier molecular flexibility index (Phi) is 5.53. The van der Waals surface area contributed by atoms with Crippen LogP contribution in [0, 0.1) is 0 Å². The van der Waals surface area contributed by atoms with Crippen molar-refractivity contribution in [3.05, 3.63) is 32.1 Å². The van der Waals surface area contributed by atoms with E-state index in [1.807, 2.05) is 20.8 Å². The van der Waals surface area contributed by atoms with Gasteiger partial charge in [0.05, 0.1) is 0 Å². The van der Waals surface area contributed by atoms with Crippen molar-refractivity contribution in [2.75, 3.05) is 0 Å². The van der Waals surface area contributed by atoms with Crippen molar-refractivity contribution in [1.29, 1.82) is 0 Å². The SMILES string of the molecule is CCc1[n-]c(=O)[nH]c(=O)c1C(C)C.[Y]. The fourth-order valence-electron chi connectivity index (χ4n) is 1.37. The van der Waals surface area contributed by atoms with Crippen molar-refractivity contribution in [1.82, 2.24) is 9.97 Å². The molecule has 1 N–H and O–H groups in total. The van der Waals surface area contributed by atoms with Crippen molar-refractivity contribution in [2.45, 2.75) is 33.1 Å². The number of aromatic amines is 1. The molecule has 0 saturated heterocycles. The number of aromatic nitrogens is 2. The minimum Gasteiger partial charge on any atom is -0.404 e. The van der Waals surface area contributed by atoms with Crippen LogP contribution in [0.3, 0.4) is 0 Å². The van der Waals surface area contributed by atoms with E-state index in [1.165, 1.54) is 0 Å². The van der Waals surface area contributed by atoms with Gasteiger partial charge in [-0.2, -0.15) is 0 Å². The van der Waals surface area contributed by atoms with Crippen LogP contribution in [0.2, 0.25) is 0 Å². The molecule has 1 rings (SSSR count). The van der Waals surface area contributed by atoms with Gasteiger partial charge in [-0.05, 0) is 17.9 Å². The Morgan fingerprint density at radius 2 is 1.93 bits per heavy atom. The first-order valence-corrected chi connectivity index (χ1v) is 4.36. The third-order valence-electron chi connectivity index (χ3n) is 1.92. The second kappa shape index (κ2) is 5.61. The van der Waals surface area contributed by atoms with E-state index in [2.05, 4.69) is 9.97 Å². The van der Waals surface area contributed by atoms with Gasteiger partial charge in [-0.25, -0.2) is 0 Å². The second-order valence-electron chi connectivity index (χ2n) is 3.24. The fourth-order valence-corrected chi connectivity index (χ4v) is 1.37. The molecule has 0 amide bonds. The molecule has 0 bridgehead atoms. The van der Waals surface area contributed by atoms with Crippen LogP contribution in [0.5, 0.6) is 0 Å². The third kappa shape index (κ3) is 2.89. The van der Waals surface area contributed by atoms with Crippen molar-refractivity contribution in [3.8, 4) is 0 Å². The molecule has 0 aliphatic carbocycles. The van der Waals surface area contributed by atoms with Crippen molar-refractivity contribution < 1.29 is 32.7 Å². The average molecular weight is 270 g/mol. The van der Waals surface area contributed by atoms with Crippen molar-refractivity contribution in [3.63, 3.8) is 0 Å². The van der Waals surface area contributed by atoms with Crippen LogP contribution in [0.25, 0.3) is 0 Å². The minimum atomic E-state index is -0.550. The minimum absolute atomic E-state index is 0. The second-order valence-corrected chi connectivity index (χ2v) is 3.24. The zero-order valence-electron chi connectivity index (χ0n) is 8.63. The quantitative estimate of drug-likeness (QED) is 0.844. The first-order chi connectivity index (χ1) is 6.06. The van der Waals surface area contributed by atoms with E-state index < -0.39 is 5.69 Å². The zero-order chi connectivity index (χ0) is 10.0. The van der Waals surface area contributed by atoms with Crippen LogP contribution >= 0.6 is 0 Å². The predicted molar refractivity (Wildman–Crippen MR) is 50.1 cm³/mol. The molecule has 1 radical (unpaired) electrons. The monoisotopic (exact) mass is 270 g/mol. The van der Waals surface area contributed by atoms with Gasteiger partial charge in [0.25, 0.3) is 0 Å². The van der Waals surface area contributed by atoms with Gasteiger partial charge >= 0.3 is 0 Å². The van der Waals surface area contributed by atoms with Gasteiger partial charge in [-0.15, -0.1) is 0 Å². The number of hydrogen-bond donors (Lipinski definition) is 1. The smallest absolute Gasteiger partial charge is 0.174 e. The average Bonchev–Trinajstić information content (AvgIpc) is 2.01. The number of aryl methyl sites for hydroxylation is 1. The summed E-state index contributed by atoms with van der Waals surface area (Å²) in [6.07, 6.45) is 0.618. The number of nitrogens with one attached hydrogen (secondary N) is 1. The molecule has 0 unspecified atom stereocenters. The summed E-state index contributed by atoms with van der Waals surface area (Å²) in [6, 6.07) is 0. The van der Waals surface area contributed by atoms with Crippen molar-refractivity contribution >= 4 is 0 Å². The predicted octanol–water partition coefficient (Wildman–Crippen LogP) is 0.376. The summed E-state index contributed by atoms with van der Waals surface area (Å²) in [5.41, 5.74) is 0.393. The Balaban J connectivity index is 0.00000169. The first-order valence-electron chi connectivity index (χ1n) is 4.36. The zero-order valence-corrected chi connectivity index (χ0v) is 11.5. The summed E-state index contributed by atoms with van der Waals surface area (Å²) >= 11 is 0. The molecule has 5 heteroatoms. The van der Waals surface area contributed by atoms with Crippen molar-refractivity contribution in [2.24, 2.45) is 0 Å². The van der Waals surface area contributed by atoms with Gasteiger partial charge in [-0.1, -0.05) is 26.5 Å². The number of hydrogen-bond acceptors (Lipinski definition) is 2. The molecular formula is C9H13N2O2Y-. The number of rotatable bonds is 2. The maximum Gasteiger partial charge on any atom is 0.174 e. The van der Waals surface area contributed by atoms with Gasteiger partial charge in [0.1, 0.15) is 0 Å². The van der Waals surface area contributed by atoms with Gasteiger partial charge < -0.3 is 9.97 Å². The molecule has 0 aromatic carbocycles. The Bertz CT molecular complexity index is 406. The van der Waals surface area contributed by atoms with Crippen LogP contribution in [0.1, 0.15) is 37.9 Å². The molecule has 0 fully saturated rings. The molecule has 1 aromatic heterocycles. The molecule has 75 valence electrons. The molecule has 0 atom stereocenters. The van der Waals surface area contributed by atoms with Gasteiger partial charge in [-0.3, -0.25) is 9.59 Å². The van der Waals surface area contributed by atoms with Gasteiger partial charge in [0.2, 0.25) is 0 Å². The summed E-state index contributed by atoms with van der Waals surface area (Å²) < 4.78 is 0. The van der Waals surface area contributed by atoms with Gasteiger partial charge in [0.15, 0.2) is 11.2 Å². The molecule has 0 saturated carbocycles. The Labute approximate surface area is 107 Å². The molecule has 0 spiro atoms. The molecule has 4 nitrogen and oxygen atoms in total. The number of nitrogens with zero attached hydrogens (tertiary/aromatic N) is 1. The maximum atomic E-state index is 11.4. The van der Waals surface area contributed by atoms with E-state index in [-0.39, 0.29) is 44.2 Å². The largest absolute Gasteiger partial charge is 0.404 e. The summed E-state index contributed by atoms with van der Waals surface area (Å²) in [5.74, 6) is 0.104. The fraction of sp³-hybridized carbons (Fsp3) is 0.556. The third-order valence-corrected chi connectivity index (χ3v) is 1.92. The summed E-state index contributed by atoms with van der Waals surface area (Å²) in [4.78, 5) is 28.2. The molecular weight excluding hydrogens is 257 g/mol. The molecule has 1 heterocycles. The normalized spacial score (nSPS) is 10.0. The van der Waals surface area contributed by atoms with E-state index in [4.69, 9.17) is 0 Å². The van der Waals surface area contributed by atoms with Crippen LogP contribution < -0.4 is 16.2 Å². The summed E-state index contributed by atoms with van der Waals surface area (Å²) in [7, 11) is 0. The molecule has 14 heavy (non-hydrogen) atoms. The summed E-state index contributed by atoms with van der Waals surface area (Å²) in [6.45, 7) is 5.71. The first kappa shape index (κ1) is 13.8. The van der Waals surface area contributed by atoms with Crippen LogP contribution in [-0.4, -0.2) is 4.98 Å². The Hall–Kier alpha value is -0.216. The summed E-state index contributed by atoms with van der Waals surface area (Å²) in [5, 5.41) is 0. The standard InChI is InChI=1S/C9H14N2O2.Y/c1-4-6-7(5(2)3)8(12)11-9(13)10-6;/h5H,4H2,1-3H3,(H2,10,11,12,13);/p-1. The van der Waals surface area contributed by atoms with Crippen LogP contribution in [0.15, 0.2) is 9.59 Å². The molecule has 0 aliphatic rings. The topological polar surface area (TPSA) is 64.0 Å². The van der Waals surface area contributed by atoms with E-state index in [9.17, 15) is 9.59 Å². The maximum absolute atomic E-state index is 11.4. The van der Waals surface area contributed by atoms with E-state index >= 15 is 0 Å². The Morgan fingerprint density at radius 1 is 1.36 bits per heavy atom. The van der Waals surface area contributed by atoms with E-state index in [1.54, 1.807) is 0 Å². The van der Waals surface area contributed by atoms with Gasteiger partial charge in [0, 0.05) is 32.7 Å². The van der Waals surface area contributed by atoms with Crippen LogP contribution in [-0.2, 0) is 39.1 Å². The molecule has 1 aromatic rings. The Morgan fingerprint density at radius 3 is 2.36 bits per heavy atom. The number of H-pyrrole nitrogens is 1.